The van der Waals surface area contributed by atoms with E-state index in [4.69, 9.17) is 0 Å². The van der Waals surface area contributed by atoms with Crippen LogP contribution in [0.25, 0.3) is 0 Å². The summed E-state index contributed by atoms with van der Waals surface area (Å²) in [6, 6.07) is 8.60. The van der Waals surface area contributed by atoms with Gasteiger partial charge in [-0.3, -0.25) is 9.59 Å². The van der Waals surface area contributed by atoms with Crippen molar-refractivity contribution in [3.8, 4) is 0 Å². The number of nitrogens with zero attached hydrogens (tertiary/aromatic N) is 2. The zero-order chi connectivity index (χ0) is 25.9. The SMILES string of the molecule is CC(C)(CC(=O)O)CC(=O)N1CC2(CCN(C(=O)NC3C4CC5CC(C4)CC3C5)CC2)c2ccccc21. The van der Waals surface area contributed by atoms with Gasteiger partial charge in [0.25, 0.3) is 0 Å². The van der Waals surface area contributed by atoms with Gasteiger partial charge >= 0.3 is 12.0 Å². The highest BCUT2D eigenvalue weighted by atomic mass is 16.4. The Balaban J connectivity index is 1.11. The van der Waals surface area contributed by atoms with E-state index in [1.807, 2.05) is 41.8 Å². The molecule has 7 rings (SSSR count). The van der Waals surface area contributed by atoms with Crippen molar-refractivity contribution in [3.05, 3.63) is 29.8 Å². The molecule has 37 heavy (non-hydrogen) atoms. The molecule has 4 aliphatic carbocycles. The summed E-state index contributed by atoms with van der Waals surface area (Å²) in [5.41, 5.74) is 1.39. The van der Waals surface area contributed by atoms with Crippen molar-refractivity contribution < 1.29 is 19.5 Å². The largest absolute Gasteiger partial charge is 0.481 e. The molecule has 7 nitrogen and oxygen atoms in total. The van der Waals surface area contributed by atoms with Crippen molar-refractivity contribution in [1.29, 1.82) is 0 Å². The van der Waals surface area contributed by atoms with Crippen molar-refractivity contribution in [1.82, 2.24) is 10.2 Å². The van der Waals surface area contributed by atoms with Crippen LogP contribution in [0.4, 0.5) is 10.5 Å². The molecule has 4 bridgehead atoms. The molecule has 7 heteroatoms. The first-order chi connectivity index (χ1) is 17.6. The molecular weight excluding hydrogens is 466 g/mol. The van der Waals surface area contributed by atoms with Gasteiger partial charge in [-0.05, 0) is 85.7 Å². The number of carbonyl (C=O) groups excluding carboxylic acids is 2. The number of carboxylic acids is 1. The molecule has 2 heterocycles. The van der Waals surface area contributed by atoms with Crippen molar-refractivity contribution in [3.63, 3.8) is 0 Å². The van der Waals surface area contributed by atoms with Crippen LogP contribution in [-0.2, 0) is 15.0 Å². The molecule has 6 aliphatic rings. The molecule has 1 spiro atoms. The fraction of sp³-hybridized carbons (Fsp3) is 0.700. The average molecular weight is 508 g/mol. The number of carbonyl (C=O) groups is 3. The predicted octanol–water partition coefficient (Wildman–Crippen LogP) is 4.79. The summed E-state index contributed by atoms with van der Waals surface area (Å²) in [7, 11) is 0. The first-order valence-corrected chi connectivity index (χ1v) is 14.3. The van der Waals surface area contributed by atoms with E-state index < -0.39 is 11.4 Å². The third-order valence-corrected chi connectivity index (χ3v) is 10.3. The third kappa shape index (κ3) is 4.52. The van der Waals surface area contributed by atoms with E-state index in [-0.39, 0.29) is 30.2 Å². The molecule has 0 radical (unpaired) electrons. The number of benzene rings is 1. The topological polar surface area (TPSA) is 90.0 Å². The Morgan fingerprint density at radius 3 is 2.22 bits per heavy atom. The molecular formula is C30H41N3O4. The number of fused-ring (bicyclic) bond motifs is 2. The van der Waals surface area contributed by atoms with Crippen molar-refractivity contribution >= 4 is 23.6 Å². The number of para-hydroxylation sites is 1. The molecule has 0 atom stereocenters. The van der Waals surface area contributed by atoms with Gasteiger partial charge < -0.3 is 20.2 Å². The Morgan fingerprint density at radius 1 is 0.973 bits per heavy atom. The van der Waals surface area contributed by atoms with E-state index >= 15 is 0 Å². The van der Waals surface area contributed by atoms with Gasteiger partial charge in [-0.15, -0.1) is 0 Å². The lowest BCUT2D eigenvalue weighted by Crippen LogP contribution is -2.59. The van der Waals surface area contributed by atoms with Crippen LogP contribution >= 0.6 is 0 Å². The standard InChI is InChI=1S/C30H41N3O4/c1-29(2,17-26(35)36)16-25(34)33-18-30(23-5-3-4-6-24(23)33)7-9-32(10-8-30)28(37)31-27-21-12-19-11-20(14-21)15-22(27)13-19/h3-6,19-22,27H,7-18H2,1-2H3,(H,31,37)(H,35,36). The van der Waals surface area contributed by atoms with Crippen LogP contribution in [0.1, 0.15) is 77.2 Å². The molecule has 200 valence electrons. The second-order valence-electron chi connectivity index (χ2n) is 13.6. The van der Waals surface area contributed by atoms with Crippen LogP contribution in [0.5, 0.6) is 0 Å². The predicted molar refractivity (Wildman–Crippen MR) is 141 cm³/mol. The fourth-order valence-corrected chi connectivity index (χ4v) is 8.79. The monoisotopic (exact) mass is 507 g/mol. The van der Waals surface area contributed by atoms with E-state index in [1.165, 1.54) is 37.7 Å². The number of piperidine rings is 1. The van der Waals surface area contributed by atoms with Gasteiger partial charge in [-0.2, -0.15) is 0 Å². The average Bonchev–Trinajstić information content (AvgIpc) is 3.14. The molecule has 1 aromatic rings. The highest BCUT2D eigenvalue weighted by molar-refractivity contribution is 5.97. The summed E-state index contributed by atoms with van der Waals surface area (Å²) in [5, 5.41) is 12.7. The second-order valence-corrected chi connectivity index (χ2v) is 13.6. The number of likely N-dealkylation sites (tertiary alicyclic amines) is 1. The van der Waals surface area contributed by atoms with Gasteiger partial charge in [-0.25, -0.2) is 4.79 Å². The van der Waals surface area contributed by atoms with E-state index in [1.54, 1.807) is 0 Å². The normalized spacial score (nSPS) is 31.5. The molecule has 1 aromatic carbocycles. The maximum atomic E-state index is 13.4. The lowest BCUT2D eigenvalue weighted by molar-refractivity contribution is -0.139. The van der Waals surface area contributed by atoms with Gasteiger partial charge in [0, 0.05) is 43.2 Å². The van der Waals surface area contributed by atoms with Crippen LogP contribution in [0, 0.1) is 29.1 Å². The van der Waals surface area contributed by atoms with E-state index in [0.29, 0.717) is 37.5 Å². The zero-order valence-electron chi connectivity index (χ0n) is 22.2. The van der Waals surface area contributed by atoms with Crippen LogP contribution in [0.15, 0.2) is 24.3 Å². The smallest absolute Gasteiger partial charge is 0.317 e. The summed E-state index contributed by atoms with van der Waals surface area (Å²) in [6.45, 7) is 5.69. The van der Waals surface area contributed by atoms with Gasteiger partial charge in [-0.1, -0.05) is 32.0 Å². The molecule has 2 N–H and O–H groups in total. The molecule has 0 aromatic heterocycles. The van der Waals surface area contributed by atoms with Gasteiger partial charge in [0.05, 0.1) is 6.42 Å². The number of urea groups is 1. The lowest BCUT2D eigenvalue weighted by atomic mass is 9.54. The van der Waals surface area contributed by atoms with E-state index in [2.05, 4.69) is 11.4 Å². The number of nitrogens with one attached hydrogen (secondary N) is 1. The number of hydrogen-bond donors (Lipinski definition) is 2. The van der Waals surface area contributed by atoms with Crippen LogP contribution in [0.2, 0.25) is 0 Å². The van der Waals surface area contributed by atoms with Crippen LogP contribution < -0.4 is 10.2 Å². The summed E-state index contributed by atoms with van der Waals surface area (Å²) in [6.07, 6.45) is 8.44. The van der Waals surface area contributed by atoms with Crippen LogP contribution in [0.3, 0.4) is 0 Å². The fourth-order valence-electron chi connectivity index (χ4n) is 8.79. The Hall–Kier alpha value is -2.57. The summed E-state index contributed by atoms with van der Waals surface area (Å²) in [5.74, 6) is 2.24. The molecule has 5 fully saturated rings. The maximum absolute atomic E-state index is 13.4. The van der Waals surface area contributed by atoms with Gasteiger partial charge in [0.15, 0.2) is 0 Å². The van der Waals surface area contributed by atoms with E-state index in [0.717, 1.165) is 30.4 Å². The Morgan fingerprint density at radius 2 is 1.59 bits per heavy atom. The zero-order valence-corrected chi connectivity index (χ0v) is 22.2. The van der Waals surface area contributed by atoms with Gasteiger partial charge in [0.2, 0.25) is 5.91 Å². The Kier molecular flexibility index (Phi) is 6.03. The molecule has 0 unspecified atom stereocenters. The minimum Gasteiger partial charge on any atom is -0.481 e. The Labute approximate surface area is 220 Å². The summed E-state index contributed by atoms with van der Waals surface area (Å²) < 4.78 is 0. The highest BCUT2D eigenvalue weighted by Gasteiger charge is 2.50. The number of hydrogen-bond acceptors (Lipinski definition) is 3. The quantitative estimate of drug-likeness (QED) is 0.600. The minimum absolute atomic E-state index is 0.0161. The first kappa shape index (κ1) is 24.7. The van der Waals surface area contributed by atoms with Gasteiger partial charge in [0.1, 0.15) is 0 Å². The van der Waals surface area contributed by atoms with Crippen LogP contribution in [-0.4, -0.2) is 53.6 Å². The van der Waals surface area contributed by atoms with Crippen molar-refractivity contribution in [2.45, 2.75) is 83.1 Å². The number of carboxylic acid groups (broad SMARTS) is 1. The number of aliphatic carboxylic acids is 1. The maximum Gasteiger partial charge on any atom is 0.317 e. The number of rotatable bonds is 5. The molecule has 2 aliphatic heterocycles. The highest BCUT2D eigenvalue weighted by Crippen LogP contribution is 2.54. The summed E-state index contributed by atoms with van der Waals surface area (Å²) >= 11 is 0. The first-order valence-electron chi connectivity index (χ1n) is 14.3. The lowest BCUT2D eigenvalue weighted by Gasteiger charge is -2.54. The molecule has 1 saturated heterocycles. The van der Waals surface area contributed by atoms with Crippen molar-refractivity contribution in [2.75, 3.05) is 24.5 Å². The summed E-state index contributed by atoms with van der Waals surface area (Å²) in [4.78, 5) is 41.9. The minimum atomic E-state index is -0.879. The Bertz CT molecular complexity index is 1060. The molecule has 3 amide bonds. The molecule has 4 saturated carbocycles. The number of amides is 3. The second kappa shape index (κ2) is 9.02. The van der Waals surface area contributed by atoms with Crippen molar-refractivity contribution in [2.24, 2.45) is 29.1 Å². The number of anilines is 1. The third-order valence-electron chi connectivity index (χ3n) is 10.3. The van der Waals surface area contributed by atoms with E-state index in [9.17, 15) is 19.5 Å².